The molecule has 7 heteroatoms. The van der Waals surface area contributed by atoms with Crippen LogP contribution < -0.4 is 8.46 Å². The first-order chi connectivity index (χ1) is 14.3. The lowest BCUT2D eigenvalue weighted by atomic mass is 10.0. The minimum absolute atomic E-state index is 0.108. The molecule has 3 nitrogen and oxygen atoms in total. The Morgan fingerprint density at radius 3 is 1.34 bits per heavy atom. The number of nitrogens with zero attached hydrogens (tertiary/aromatic N) is 2. The van der Waals surface area contributed by atoms with Crippen molar-refractivity contribution in [2.75, 3.05) is 8.46 Å². The quantitative estimate of drug-likeness (QED) is 0.272. The van der Waals surface area contributed by atoms with Crippen molar-refractivity contribution >= 4 is 50.1 Å². The summed E-state index contributed by atoms with van der Waals surface area (Å²) in [6.07, 6.45) is 0. The fourth-order valence-electron chi connectivity index (χ4n) is 5.25. The molecule has 32 heavy (non-hydrogen) atoms. The number of carbonyl (C=O) groups is 1. The lowest BCUT2D eigenvalue weighted by Gasteiger charge is -2.52. The van der Waals surface area contributed by atoms with Crippen molar-refractivity contribution in [3.63, 3.8) is 0 Å². The standard InChI is InChI=1S/C25H44N2OSi4/c1-29(2,3)26(30(4,5)6)23-19-18-22(25(28)21-16-14-13-15-17-21)20-24(23)27(31(7,8)9)32(10,11)12/h13-20H,1-12H3. The molecule has 0 N–H and O–H groups in total. The maximum atomic E-state index is 13.4. The summed E-state index contributed by atoms with van der Waals surface area (Å²) in [5.41, 5.74) is 4.18. The van der Waals surface area contributed by atoms with E-state index in [1.165, 1.54) is 11.4 Å². The second kappa shape index (κ2) is 9.08. The van der Waals surface area contributed by atoms with Crippen LogP contribution in [0.25, 0.3) is 0 Å². The van der Waals surface area contributed by atoms with Crippen LogP contribution in [0.1, 0.15) is 15.9 Å². The van der Waals surface area contributed by atoms with Crippen molar-refractivity contribution < 1.29 is 4.79 Å². The second-order valence-electron chi connectivity index (χ2n) is 12.8. The van der Waals surface area contributed by atoms with E-state index in [9.17, 15) is 4.79 Å². The first-order valence-electron chi connectivity index (χ1n) is 11.7. The predicted molar refractivity (Wildman–Crippen MR) is 155 cm³/mol. The molecule has 2 aromatic carbocycles. The molecule has 2 rings (SSSR count). The first kappa shape index (κ1) is 26.8. The third kappa shape index (κ3) is 6.12. The van der Waals surface area contributed by atoms with Gasteiger partial charge in [-0.25, -0.2) is 0 Å². The van der Waals surface area contributed by atoms with Crippen molar-refractivity contribution in [3.05, 3.63) is 59.7 Å². The zero-order chi connectivity index (χ0) is 24.7. The molecule has 2 aromatic rings. The van der Waals surface area contributed by atoms with Crippen molar-refractivity contribution in [2.45, 2.75) is 78.6 Å². The Kier molecular flexibility index (Phi) is 7.61. The number of carbonyl (C=O) groups excluding carboxylic acids is 1. The van der Waals surface area contributed by atoms with Gasteiger partial charge in [0.1, 0.15) is 32.9 Å². The lowest BCUT2D eigenvalue weighted by Crippen LogP contribution is -2.63. The Morgan fingerprint density at radius 2 is 0.938 bits per heavy atom. The maximum Gasteiger partial charge on any atom is 0.193 e. The molecule has 0 radical (unpaired) electrons. The Balaban J connectivity index is 2.87. The Morgan fingerprint density at radius 1 is 0.531 bits per heavy atom. The van der Waals surface area contributed by atoms with E-state index in [1.807, 2.05) is 30.3 Å². The molecule has 0 atom stereocenters. The lowest BCUT2D eigenvalue weighted by molar-refractivity contribution is 0.103. The fourth-order valence-corrected chi connectivity index (χ4v) is 25.0. The molecule has 0 aromatic heterocycles. The van der Waals surface area contributed by atoms with E-state index in [0.717, 1.165) is 11.1 Å². The molecule has 0 aliphatic rings. The van der Waals surface area contributed by atoms with Crippen LogP contribution in [0.5, 0.6) is 0 Å². The molecule has 0 spiro atoms. The van der Waals surface area contributed by atoms with Gasteiger partial charge in [0.05, 0.1) is 0 Å². The van der Waals surface area contributed by atoms with E-state index in [2.05, 4.69) is 105 Å². The van der Waals surface area contributed by atoms with Crippen LogP contribution in [0.15, 0.2) is 48.5 Å². The van der Waals surface area contributed by atoms with Crippen LogP contribution in [0.3, 0.4) is 0 Å². The zero-order valence-electron chi connectivity index (χ0n) is 22.4. The zero-order valence-corrected chi connectivity index (χ0v) is 26.4. The minimum atomic E-state index is -1.71. The first-order valence-corrected chi connectivity index (χ1v) is 25.5. The second-order valence-corrected chi connectivity index (χ2v) is 32.8. The van der Waals surface area contributed by atoms with Crippen molar-refractivity contribution in [2.24, 2.45) is 0 Å². The van der Waals surface area contributed by atoms with E-state index in [-0.39, 0.29) is 5.78 Å². The largest absolute Gasteiger partial charge is 0.423 e. The van der Waals surface area contributed by atoms with Crippen LogP contribution >= 0.6 is 0 Å². The van der Waals surface area contributed by atoms with Crippen LogP contribution in [0.2, 0.25) is 78.6 Å². The molecular weight excluding hydrogens is 457 g/mol. The SMILES string of the molecule is C[Si](C)(C)N(c1ccc(C(=O)c2ccccc2)cc1N([Si](C)(C)C)[Si](C)(C)C)[Si](C)(C)C. The Hall–Kier alpha value is -1.42. The summed E-state index contributed by atoms with van der Waals surface area (Å²) in [4.78, 5) is 13.4. The summed E-state index contributed by atoms with van der Waals surface area (Å²) < 4.78 is 5.59. The Labute approximate surface area is 201 Å². The monoisotopic (exact) mass is 500 g/mol. The summed E-state index contributed by atoms with van der Waals surface area (Å²) in [6.45, 7) is 29.3. The predicted octanol–water partition coefficient (Wildman–Crippen LogP) is 7.87. The van der Waals surface area contributed by atoms with Crippen molar-refractivity contribution in [1.29, 1.82) is 0 Å². The van der Waals surface area contributed by atoms with Gasteiger partial charge in [-0.2, -0.15) is 0 Å². The van der Waals surface area contributed by atoms with Gasteiger partial charge < -0.3 is 8.46 Å². The molecule has 0 amide bonds. The molecule has 0 saturated carbocycles. The molecule has 0 aliphatic carbocycles. The number of rotatable bonds is 8. The van der Waals surface area contributed by atoms with Gasteiger partial charge in [-0.1, -0.05) is 109 Å². The molecule has 0 heterocycles. The highest BCUT2D eigenvalue weighted by atomic mass is 28.4. The fraction of sp³-hybridized carbons (Fsp3) is 0.480. The average molecular weight is 501 g/mol. The van der Waals surface area contributed by atoms with Crippen LogP contribution in [-0.2, 0) is 0 Å². The summed E-state index contributed by atoms with van der Waals surface area (Å²) in [5.74, 6) is 0.108. The molecule has 0 bridgehead atoms. The van der Waals surface area contributed by atoms with E-state index in [1.54, 1.807) is 0 Å². The number of hydrogen-bond donors (Lipinski definition) is 0. The van der Waals surface area contributed by atoms with E-state index < -0.39 is 32.9 Å². The highest BCUT2D eigenvalue weighted by molar-refractivity contribution is 7.01. The molecule has 0 saturated heterocycles. The third-order valence-electron chi connectivity index (χ3n) is 5.44. The van der Waals surface area contributed by atoms with Crippen molar-refractivity contribution in [1.82, 2.24) is 0 Å². The Bertz CT molecular complexity index is 921. The smallest absolute Gasteiger partial charge is 0.193 e. The van der Waals surface area contributed by atoms with Gasteiger partial charge in [0.25, 0.3) is 0 Å². The van der Waals surface area contributed by atoms with E-state index >= 15 is 0 Å². The van der Waals surface area contributed by atoms with Gasteiger partial charge in [-0.15, -0.1) is 0 Å². The van der Waals surface area contributed by atoms with Gasteiger partial charge in [0.2, 0.25) is 0 Å². The summed E-state index contributed by atoms with van der Waals surface area (Å²) in [5, 5.41) is 0. The number of ketones is 1. The normalized spacial score (nSPS) is 13.1. The number of anilines is 2. The van der Waals surface area contributed by atoms with E-state index in [4.69, 9.17) is 0 Å². The van der Waals surface area contributed by atoms with Gasteiger partial charge in [0.15, 0.2) is 5.78 Å². The molecule has 0 aliphatic heterocycles. The number of benzene rings is 2. The van der Waals surface area contributed by atoms with Gasteiger partial charge in [-0.3, -0.25) is 4.79 Å². The summed E-state index contributed by atoms with van der Waals surface area (Å²) >= 11 is 0. The van der Waals surface area contributed by atoms with Gasteiger partial charge in [0, 0.05) is 22.5 Å². The average Bonchev–Trinajstić information content (AvgIpc) is 2.58. The van der Waals surface area contributed by atoms with Gasteiger partial charge in [-0.05, 0) is 18.2 Å². The van der Waals surface area contributed by atoms with Crippen LogP contribution in [0, 0.1) is 0 Å². The molecule has 0 unspecified atom stereocenters. The number of hydrogen-bond acceptors (Lipinski definition) is 3. The minimum Gasteiger partial charge on any atom is -0.423 e. The van der Waals surface area contributed by atoms with Gasteiger partial charge >= 0.3 is 0 Å². The molecule has 176 valence electrons. The maximum absolute atomic E-state index is 13.4. The molecule has 0 fully saturated rings. The van der Waals surface area contributed by atoms with Crippen LogP contribution in [0.4, 0.5) is 11.4 Å². The molecular formula is C25H44N2OSi4. The van der Waals surface area contributed by atoms with Crippen LogP contribution in [-0.4, -0.2) is 38.7 Å². The highest BCUT2D eigenvalue weighted by Gasteiger charge is 2.41. The van der Waals surface area contributed by atoms with Crippen molar-refractivity contribution in [3.8, 4) is 0 Å². The topological polar surface area (TPSA) is 23.6 Å². The summed E-state index contributed by atoms with van der Waals surface area (Å²) in [7, 11) is -6.72. The van der Waals surface area contributed by atoms with E-state index in [0.29, 0.717) is 0 Å². The summed E-state index contributed by atoms with van der Waals surface area (Å²) in [6, 6.07) is 16.2. The third-order valence-corrected chi connectivity index (χ3v) is 19.8. The highest BCUT2D eigenvalue weighted by Crippen LogP contribution is 2.41.